The van der Waals surface area contributed by atoms with E-state index < -0.39 is 100 Å². The lowest BCUT2D eigenvalue weighted by molar-refractivity contribution is -0.172. The topological polar surface area (TPSA) is 240 Å². The van der Waals surface area contributed by atoms with Crippen LogP contribution in [-0.4, -0.2) is 97.6 Å². The summed E-state index contributed by atoms with van der Waals surface area (Å²) in [5.41, 5.74) is 5.15. The number of cyclic esters (lactones) is 2. The molecule has 0 aromatic rings. The van der Waals surface area contributed by atoms with Gasteiger partial charge in [0, 0.05) is 18.9 Å². The van der Waals surface area contributed by atoms with Gasteiger partial charge in [-0.25, -0.2) is 19.2 Å². The number of esters is 4. The van der Waals surface area contributed by atoms with Gasteiger partial charge in [-0.15, -0.1) is 0 Å². The van der Waals surface area contributed by atoms with Crippen LogP contribution in [0.1, 0.15) is 88.5 Å². The maximum Gasteiger partial charge on any atom is 0.378 e. The van der Waals surface area contributed by atoms with E-state index in [4.69, 9.17) is 14.2 Å². The Balaban J connectivity index is 1.29. The van der Waals surface area contributed by atoms with E-state index in [1.807, 2.05) is 140 Å². The van der Waals surface area contributed by atoms with Crippen molar-refractivity contribution in [3.8, 4) is 0 Å². The minimum absolute atomic E-state index is 0.136. The van der Waals surface area contributed by atoms with Crippen LogP contribution >= 0.6 is 0 Å². The van der Waals surface area contributed by atoms with Crippen molar-refractivity contribution in [2.24, 2.45) is 10.8 Å². The fraction of sp³-hybridized carbons (Fsp3) is 0.396. The first-order valence-corrected chi connectivity index (χ1v) is 22.1. The average Bonchev–Trinajstić information content (AvgIpc) is 3.75. The summed E-state index contributed by atoms with van der Waals surface area (Å²) >= 11 is 0. The van der Waals surface area contributed by atoms with Gasteiger partial charge in [-0.05, 0) is 81.1 Å². The number of carbonyl (C=O) groups excluding carboxylic acids is 6. The molecule has 0 radical (unpaired) electrons. The van der Waals surface area contributed by atoms with Crippen LogP contribution in [0.2, 0.25) is 0 Å². The maximum atomic E-state index is 13.3. The lowest BCUT2D eigenvalue weighted by Crippen LogP contribution is -2.44. The molecule has 0 saturated carbocycles. The number of hydrogen-bond donors (Lipinski definition) is 5. The number of rotatable bonds is 17. The first kappa shape index (κ1) is 53.8. The number of aliphatic hydroxyl groups excluding tert-OH is 5. The summed E-state index contributed by atoms with van der Waals surface area (Å²) in [6, 6.07) is 0. The fourth-order valence-corrected chi connectivity index (χ4v) is 7.91. The molecule has 15 heteroatoms. The maximum absolute atomic E-state index is 13.3. The minimum atomic E-state index is -2.15. The molecule has 68 heavy (non-hydrogen) atoms. The molecule has 0 amide bonds. The molecule has 4 rings (SSSR count). The van der Waals surface area contributed by atoms with Crippen molar-refractivity contribution < 1.29 is 73.2 Å². The van der Waals surface area contributed by atoms with Crippen LogP contribution < -0.4 is 0 Å². The molecule has 5 N–H and O–H groups in total. The number of carbonyl (C=O) groups is 6. The minimum Gasteiger partial charge on any atom is -0.505 e. The Kier molecular flexibility index (Phi) is 18.0. The summed E-state index contributed by atoms with van der Waals surface area (Å²) in [4.78, 5) is 74.8. The van der Waals surface area contributed by atoms with Crippen LogP contribution in [0.5, 0.6) is 0 Å². The highest BCUT2D eigenvalue weighted by Crippen LogP contribution is 2.44. The van der Waals surface area contributed by atoms with E-state index in [9.17, 15) is 54.3 Å². The smallest absolute Gasteiger partial charge is 0.378 e. The van der Waals surface area contributed by atoms with Crippen molar-refractivity contribution in [1.29, 1.82) is 0 Å². The van der Waals surface area contributed by atoms with Gasteiger partial charge in [-0.1, -0.05) is 135 Å². The van der Waals surface area contributed by atoms with E-state index in [1.165, 1.54) is 0 Å². The Morgan fingerprint density at radius 2 is 1.13 bits per heavy atom. The van der Waals surface area contributed by atoms with Crippen LogP contribution in [0.3, 0.4) is 0 Å². The van der Waals surface area contributed by atoms with Gasteiger partial charge in [0.15, 0.2) is 53.9 Å². The number of allylic oxidation sites excluding steroid dienone is 20. The summed E-state index contributed by atoms with van der Waals surface area (Å²) in [5.74, 6) is -8.42. The summed E-state index contributed by atoms with van der Waals surface area (Å²) in [6.07, 6.45) is 19.2. The van der Waals surface area contributed by atoms with Gasteiger partial charge in [-0.3, -0.25) is 9.59 Å². The Labute approximate surface area is 396 Å². The van der Waals surface area contributed by atoms with Crippen LogP contribution in [-0.2, 0) is 47.7 Å². The zero-order chi connectivity index (χ0) is 50.8. The SMILES string of the molecule is CCC1(C)CC(OC(=O)C(O)C2OC(=O)C(O)=C2O)C(=O)C(C)=C1/C=C/C(C)=C/C=C/C(C)=C/C=C/C=C(C)/C=C/C=C(C)/C=C/C1=C(C)C(=O)C(OC(=O)C(O)C2C=C(O)C(=O)O2)CC1(C)C. The third kappa shape index (κ3) is 13.2. The molecule has 0 aromatic carbocycles. The van der Waals surface area contributed by atoms with E-state index in [2.05, 4.69) is 4.74 Å². The highest BCUT2D eigenvalue weighted by Gasteiger charge is 2.47. The third-order valence-corrected chi connectivity index (χ3v) is 12.2. The van der Waals surface area contributed by atoms with Crippen molar-refractivity contribution in [2.75, 3.05) is 0 Å². The van der Waals surface area contributed by atoms with E-state index in [1.54, 1.807) is 13.8 Å². The van der Waals surface area contributed by atoms with Gasteiger partial charge in [0.25, 0.3) is 0 Å². The van der Waals surface area contributed by atoms with Gasteiger partial charge in [-0.2, -0.15) is 0 Å². The molecule has 7 unspecified atom stereocenters. The molecular formula is C53H62O15. The van der Waals surface area contributed by atoms with Crippen molar-refractivity contribution >= 4 is 35.4 Å². The molecule has 0 fully saturated rings. The van der Waals surface area contributed by atoms with Crippen LogP contribution in [0.4, 0.5) is 0 Å². The molecule has 15 nitrogen and oxygen atoms in total. The first-order valence-electron chi connectivity index (χ1n) is 22.1. The Bertz CT molecular complexity index is 2490. The second-order valence-electron chi connectivity index (χ2n) is 18.1. The zero-order valence-corrected chi connectivity index (χ0v) is 40.1. The highest BCUT2D eigenvalue weighted by atomic mass is 16.6. The molecule has 2 aliphatic heterocycles. The number of hydrogen-bond acceptors (Lipinski definition) is 15. The quantitative estimate of drug-likeness (QED) is 0.0532. The summed E-state index contributed by atoms with van der Waals surface area (Å²) in [7, 11) is 0. The zero-order valence-electron chi connectivity index (χ0n) is 40.1. The Morgan fingerprint density at radius 3 is 1.60 bits per heavy atom. The molecule has 4 aliphatic rings. The average molecular weight is 939 g/mol. The standard InChI is InChI=1S/C53H62O15/c1-11-53(10)28-40(67-51(64)46(60)47-44(58)45(59)50(63)68-47)42(56)34(7)36(53)25-23-32(5)21-15-19-30(3)17-13-12-16-29(2)18-14-20-31(4)22-24-35-33(6)41(55)39(27-52(35,8)9)66-49(62)43(57)38-26-37(54)48(61)65-38/h12-26,38-40,43,46-47,54,57-60H,11,27-28H2,1-10H3/b13-12+,18-14+,19-15+,24-22+,25-23+,29-16+,30-17+,31-20+,32-21+. The molecule has 7 atom stereocenters. The summed E-state index contributed by atoms with van der Waals surface area (Å²) in [5, 5.41) is 49.5. The van der Waals surface area contributed by atoms with Crippen molar-refractivity contribution in [3.05, 3.63) is 153 Å². The van der Waals surface area contributed by atoms with Crippen molar-refractivity contribution in [1.82, 2.24) is 0 Å². The second kappa shape index (κ2) is 22.8. The van der Waals surface area contributed by atoms with Gasteiger partial charge in [0.2, 0.25) is 11.5 Å². The van der Waals surface area contributed by atoms with E-state index in [0.717, 1.165) is 39.5 Å². The van der Waals surface area contributed by atoms with Crippen molar-refractivity contribution in [3.63, 3.8) is 0 Å². The molecule has 0 spiro atoms. The molecule has 2 aliphatic carbocycles. The van der Waals surface area contributed by atoms with E-state index >= 15 is 0 Å². The summed E-state index contributed by atoms with van der Waals surface area (Å²) in [6.45, 7) is 18.9. The number of aliphatic hydroxyl groups is 5. The van der Waals surface area contributed by atoms with Crippen LogP contribution in [0.25, 0.3) is 0 Å². The number of ketones is 2. The molecule has 0 aromatic heterocycles. The third-order valence-electron chi connectivity index (χ3n) is 12.2. The normalized spacial score (nSPS) is 26.6. The predicted molar refractivity (Wildman–Crippen MR) is 252 cm³/mol. The lowest BCUT2D eigenvalue weighted by atomic mass is 9.68. The number of Topliss-reactive ketones (excluding diaryl/α,β-unsaturated/α-hetero) is 2. The molecule has 0 bridgehead atoms. The van der Waals surface area contributed by atoms with Gasteiger partial charge < -0.3 is 44.5 Å². The van der Waals surface area contributed by atoms with Crippen molar-refractivity contribution in [2.45, 2.75) is 125 Å². The second-order valence-corrected chi connectivity index (χ2v) is 18.1. The fourth-order valence-electron chi connectivity index (χ4n) is 7.91. The van der Waals surface area contributed by atoms with E-state index in [0.29, 0.717) is 17.6 Å². The van der Waals surface area contributed by atoms with Crippen LogP contribution in [0, 0.1) is 10.8 Å². The largest absolute Gasteiger partial charge is 0.505 e. The monoisotopic (exact) mass is 938 g/mol. The Hall–Kier alpha value is -6.84. The highest BCUT2D eigenvalue weighted by molar-refractivity contribution is 6.03. The van der Waals surface area contributed by atoms with Crippen LogP contribution in [0.15, 0.2) is 153 Å². The molecular weight excluding hydrogens is 877 g/mol. The molecule has 0 saturated heterocycles. The molecule has 2 heterocycles. The van der Waals surface area contributed by atoms with E-state index in [-0.39, 0.29) is 12.8 Å². The lowest BCUT2D eigenvalue weighted by Gasteiger charge is -2.38. The van der Waals surface area contributed by atoms with Gasteiger partial charge in [0.05, 0.1) is 0 Å². The molecule has 364 valence electrons. The first-order chi connectivity index (χ1) is 31.8. The van der Waals surface area contributed by atoms with Gasteiger partial charge >= 0.3 is 23.9 Å². The summed E-state index contributed by atoms with van der Waals surface area (Å²) < 4.78 is 20.1. The number of ether oxygens (including phenoxy) is 4. The van der Waals surface area contributed by atoms with Gasteiger partial charge in [0.1, 0.15) is 0 Å². The Morgan fingerprint density at radius 1 is 0.676 bits per heavy atom. The predicted octanol–water partition coefficient (Wildman–Crippen LogP) is 7.74.